The first-order valence-corrected chi connectivity index (χ1v) is 8.90. The quantitative estimate of drug-likeness (QED) is 0.779. The van der Waals surface area contributed by atoms with E-state index in [0.717, 1.165) is 33.5 Å². The topological polar surface area (TPSA) is 83.2 Å². The zero-order valence-electron chi connectivity index (χ0n) is 14.7. The third-order valence-corrected chi connectivity index (χ3v) is 5.42. The van der Waals surface area contributed by atoms with E-state index < -0.39 is 0 Å². The molecule has 1 aliphatic carbocycles. The first-order chi connectivity index (χ1) is 12.2. The van der Waals surface area contributed by atoms with Crippen molar-refractivity contribution in [2.45, 2.75) is 52.0 Å². The largest absolute Gasteiger partial charge is 0.346 e. The van der Waals surface area contributed by atoms with Gasteiger partial charge < -0.3 is 4.98 Å². The Bertz CT molecular complexity index is 939. The van der Waals surface area contributed by atoms with Crippen molar-refractivity contribution in [3.63, 3.8) is 0 Å². The Morgan fingerprint density at radius 3 is 2.88 bits per heavy atom. The van der Waals surface area contributed by atoms with Gasteiger partial charge in [-0.1, -0.05) is 12.8 Å². The van der Waals surface area contributed by atoms with Crippen LogP contribution < -0.4 is 0 Å². The molecule has 3 aromatic rings. The first kappa shape index (κ1) is 15.8. The summed E-state index contributed by atoms with van der Waals surface area (Å²) in [6.07, 6.45) is 11.0. The number of nitrogens with one attached hydrogen (secondary N) is 1. The van der Waals surface area contributed by atoms with Gasteiger partial charge in [-0.3, -0.25) is 4.68 Å². The van der Waals surface area contributed by atoms with Crippen LogP contribution in [0.4, 0.5) is 0 Å². The normalized spacial score (nSPS) is 16.4. The van der Waals surface area contributed by atoms with Crippen LogP contribution in [0.2, 0.25) is 0 Å². The van der Waals surface area contributed by atoms with Crippen LogP contribution >= 0.6 is 0 Å². The Morgan fingerprint density at radius 2 is 2.12 bits per heavy atom. The van der Waals surface area contributed by atoms with Crippen molar-refractivity contribution in [2.24, 2.45) is 5.92 Å². The van der Waals surface area contributed by atoms with Crippen molar-refractivity contribution in [3.8, 4) is 17.3 Å². The SMILES string of the molecule is Cc1nn(C(CC#N)C2CCCC2)cc1-c1ncnc2[nH]cc(C)c12. The lowest BCUT2D eigenvalue weighted by Gasteiger charge is -2.21. The van der Waals surface area contributed by atoms with E-state index in [4.69, 9.17) is 5.10 Å². The van der Waals surface area contributed by atoms with Gasteiger partial charge in [-0.2, -0.15) is 10.4 Å². The molecule has 0 amide bonds. The second-order valence-corrected chi connectivity index (χ2v) is 7.00. The molecule has 128 valence electrons. The minimum Gasteiger partial charge on any atom is -0.346 e. The van der Waals surface area contributed by atoms with Gasteiger partial charge in [-0.05, 0) is 38.2 Å². The van der Waals surface area contributed by atoms with Crippen molar-refractivity contribution in [2.75, 3.05) is 0 Å². The predicted octanol–water partition coefficient (Wildman–Crippen LogP) is 4.08. The summed E-state index contributed by atoms with van der Waals surface area (Å²) in [5.74, 6) is 0.547. The van der Waals surface area contributed by atoms with Crippen molar-refractivity contribution in [1.82, 2.24) is 24.7 Å². The summed E-state index contributed by atoms with van der Waals surface area (Å²) in [7, 11) is 0. The maximum Gasteiger partial charge on any atom is 0.141 e. The number of fused-ring (bicyclic) bond motifs is 1. The van der Waals surface area contributed by atoms with E-state index >= 15 is 0 Å². The van der Waals surface area contributed by atoms with Crippen LogP contribution in [-0.2, 0) is 0 Å². The molecule has 6 nitrogen and oxygen atoms in total. The highest BCUT2D eigenvalue weighted by Gasteiger charge is 2.28. The number of nitriles is 1. The molecule has 0 spiro atoms. The highest BCUT2D eigenvalue weighted by atomic mass is 15.3. The fourth-order valence-electron chi connectivity index (χ4n) is 4.12. The Kier molecular flexibility index (Phi) is 4.00. The molecule has 1 atom stereocenters. The lowest BCUT2D eigenvalue weighted by molar-refractivity contribution is 0.314. The van der Waals surface area contributed by atoms with Gasteiger partial charge in [0.15, 0.2) is 0 Å². The summed E-state index contributed by atoms with van der Waals surface area (Å²) < 4.78 is 2.01. The molecular formula is C19H22N6. The number of rotatable bonds is 4. The van der Waals surface area contributed by atoms with Gasteiger partial charge >= 0.3 is 0 Å². The second-order valence-electron chi connectivity index (χ2n) is 7.00. The summed E-state index contributed by atoms with van der Waals surface area (Å²) in [5, 5.41) is 15.1. The van der Waals surface area contributed by atoms with E-state index in [9.17, 15) is 5.26 Å². The number of aryl methyl sites for hydroxylation is 2. The standard InChI is InChI=1S/C19H22N6/c1-12-9-21-19-17(12)18(22-11-23-19)15-10-25(24-13(15)2)16(7-8-20)14-5-3-4-6-14/h9-11,14,16H,3-7H2,1-2H3,(H,21,22,23). The molecular weight excluding hydrogens is 312 g/mol. The van der Waals surface area contributed by atoms with E-state index in [1.165, 1.54) is 25.7 Å². The van der Waals surface area contributed by atoms with Crippen LogP contribution in [0.3, 0.4) is 0 Å². The Hall–Kier alpha value is -2.68. The minimum atomic E-state index is 0.157. The molecule has 0 radical (unpaired) electrons. The zero-order chi connectivity index (χ0) is 17.4. The maximum absolute atomic E-state index is 9.29. The Balaban J connectivity index is 1.79. The fraction of sp³-hybridized carbons (Fsp3) is 0.474. The van der Waals surface area contributed by atoms with Crippen LogP contribution in [0, 0.1) is 31.1 Å². The number of aromatic amines is 1. The lowest BCUT2D eigenvalue weighted by atomic mass is 9.96. The maximum atomic E-state index is 9.29. The molecule has 0 aromatic carbocycles. The molecule has 3 aromatic heterocycles. The van der Waals surface area contributed by atoms with E-state index in [1.807, 2.05) is 17.8 Å². The summed E-state index contributed by atoms with van der Waals surface area (Å²) in [6.45, 7) is 4.07. The highest BCUT2D eigenvalue weighted by molar-refractivity contribution is 5.93. The lowest BCUT2D eigenvalue weighted by Crippen LogP contribution is -2.17. The van der Waals surface area contributed by atoms with Crippen molar-refractivity contribution in [1.29, 1.82) is 5.26 Å². The molecule has 25 heavy (non-hydrogen) atoms. The number of aromatic nitrogens is 5. The van der Waals surface area contributed by atoms with E-state index in [1.54, 1.807) is 6.33 Å². The van der Waals surface area contributed by atoms with Gasteiger partial charge in [-0.25, -0.2) is 9.97 Å². The first-order valence-electron chi connectivity index (χ1n) is 8.90. The van der Waals surface area contributed by atoms with Crippen LogP contribution in [0.15, 0.2) is 18.7 Å². The fourth-order valence-corrected chi connectivity index (χ4v) is 4.12. The average Bonchev–Trinajstić information content (AvgIpc) is 3.34. The molecule has 1 saturated carbocycles. The third kappa shape index (κ3) is 2.70. The molecule has 1 fully saturated rings. The molecule has 1 unspecified atom stereocenters. The molecule has 1 N–H and O–H groups in total. The van der Waals surface area contributed by atoms with Gasteiger partial charge in [-0.15, -0.1) is 0 Å². The van der Waals surface area contributed by atoms with Crippen LogP contribution in [0.25, 0.3) is 22.3 Å². The molecule has 0 saturated heterocycles. The van der Waals surface area contributed by atoms with Crippen LogP contribution in [-0.4, -0.2) is 24.7 Å². The summed E-state index contributed by atoms with van der Waals surface area (Å²) in [4.78, 5) is 12.0. The van der Waals surface area contributed by atoms with E-state index in [2.05, 4.69) is 34.1 Å². The smallest absolute Gasteiger partial charge is 0.141 e. The molecule has 1 aliphatic rings. The van der Waals surface area contributed by atoms with Crippen LogP contribution in [0.5, 0.6) is 0 Å². The molecule has 0 aliphatic heterocycles. The number of hydrogen-bond acceptors (Lipinski definition) is 4. The Labute approximate surface area is 146 Å². The van der Waals surface area contributed by atoms with Crippen molar-refractivity contribution in [3.05, 3.63) is 30.0 Å². The van der Waals surface area contributed by atoms with Crippen molar-refractivity contribution >= 4 is 11.0 Å². The summed E-state index contributed by atoms with van der Waals surface area (Å²) in [6, 6.07) is 2.51. The van der Waals surface area contributed by atoms with Crippen molar-refractivity contribution < 1.29 is 0 Å². The number of nitrogens with zero attached hydrogens (tertiary/aromatic N) is 5. The summed E-state index contributed by atoms with van der Waals surface area (Å²) in [5.41, 5.74) is 4.85. The zero-order valence-corrected chi connectivity index (χ0v) is 14.7. The summed E-state index contributed by atoms with van der Waals surface area (Å²) >= 11 is 0. The van der Waals surface area contributed by atoms with Crippen LogP contribution in [0.1, 0.15) is 49.4 Å². The molecule has 0 bridgehead atoms. The predicted molar refractivity (Wildman–Crippen MR) is 95.8 cm³/mol. The van der Waals surface area contributed by atoms with E-state index in [-0.39, 0.29) is 6.04 Å². The van der Waals surface area contributed by atoms with Gasteiger partial charge in [0.05, 0.1) is 29.9 Å². The minimum absolute atomic E-state index is 0.157. The molecule has 3 heterocycles. The average molecular weight is 334 g/mol. The van der Waals surface area contributed by atoms with E-state index in [0.29, 0.717) is 12.3 Å². The van der Waals surface area contributed by atoms with Gasteiger partial charge in [0.25, 0.3) is 0 Å². The van der Waals surface area contributed by atoms with Gasteiger partial charge in [0.1, 0.15) is 12.0 Å². The van der Waals surface area contributed by atoms with Gasteiger partial charge in [0, 0.05) is 23.3 Å². The Morgan fingerprint density at radius 1 is 1.32 bits per heavy atom. The molecule has 6 heteroatoms. The number of hydrogen-bond donors (Lipinski definition) is 1. The monoisotopic (exact) mass is 334 g/mol. The highest BCUT2D eigenvalue weighted by Crippen LogP contribution is 2.37. The molecule has 4 rings (SSSR count). The number of H-pyrrole nitrogens is 1. The second kappa shape index (κ2) is 6.32. The van der Waals surface area contributed by atoms with Gasteiger partial charge in [0.2, 0.25) is 0 Å². The third-order valence-electron chi connectivity index (χ3n) is 5.42.